The summed E-state index contributed by atoms with van der Waals surface area (Å²) in [7, 11) is 0. The second-order valence-electron chi connectivity index (χ2n) is 7.04. The zero-order chi connectivity index (χ0) is 18.2. The molecule has 0 bridgehead atoms. The van der Waals surface area contributed by atoms with Gasteiger partial charge in [-0.15, -0.1) is 10.2 Å². The fourth-order valence-electron chi connectivity index (χ4n) is 2.40. The van der Waals surface area contributed by atoms with E-state index in [9.17, 15) is 4.79 Å². The van der Waals surface area contributed by atoms with Crippen LogP contribution in [0.1, 0.15) is 40.5 Å². The van der Waals surface area contributed by atoms with Crippen molar-refractivity contribution in [3.05, 3.63) is 46.1 Å². The topological polar surface area (TPSA) is 73.8 Å². The number of rotatable bonds is 3. The Morgan fingerprint density at radius 2 is 1.88 bits per heavy atom. The van der Waals surface area contributed by atoms with Gasteiger partial charge in [-0.3, -0.25) is 4.79 Å². The average Bonchev–Trinajstić information content (AvgIpc) is 3.03. The summed E-state index contributed by atoms with van der Waals surface area (Å²) >= 11 is 0. The minimum atomic E-state index is -0.120. The highest BCUT2D eigenvalue weighted by Crippen LogP contribution is 2.28. The van der Waals surface area contributed by atoms with E-state index in [1.807, 2.05) is 38.1 Å². The van der Waals surface area contributed by atoms with E-state index in [0.717, 1.165) is 5.57 Å². The summed E-state index contributed by atoms with van der Waals surface area (Å²) < 4.78 is 7.22. The van der Waals surface area contributed by atoms with Crippen LogP contribution >= 0.6 is 0 Å². The number of hydrogen-bond donors (Lipinski definition) is 0. The van der Waals surface area contributed by atoms with E-state index in [4.69, 9.17) is 4.42 Å². The summed E-state index contributed by atoms with van der Waals surface area (Å²) in [5.41, 5.74) is 1.57. The van der Waals surface area contributed by atoms with Gasteiger partial charge in [0, 0.05) is 18.0 Å². The molecule has 1 aromatic carbocycles. The first-order valence-electron chi connectivity index (χ1n) is 8.33. The van der Waals surface area contributed by atoms with Gasteiger partial charge >= 0.3 is 0 Å². The average molecular weight is 338 g/mol. The van der Waals surface area contributed by atoms with Crippen molar-refractivity contribution in [2.45, 2.75) is 41.2 Å². The lowest BCUT2D eigenvalue weighted by Crippen LogP contribution is -2.22. The molecule has 0 unspecified atom stereocenters. The minimum absolute atomic E-state index is 0.0228. The highest BCUT2D eigenvalue weighted by molar-refractivity contribution is 5.91. The molecule has 0 spiro atoms. The Kier molecular flexibility index (Phi) is 4.29. The van der Waals surface area contributed by atoms with Gasteiger partial charge < -0.3 is 4.42 Å². The van der Waals surface area contributed by atoms with Crippen molar-refractivity contribution >= 4 is 16.8 Å². The Bertz CT molecular complexity index is 1010. The molecule has 0 atom stereocenters. The molecule has 0 aliphatic carbocycles. The molecule has 0 amide bonds. The molecule has 3 aromatic rings. The first-order valence-corrected chi connectivity index (χ1v) is 8.33. The Morgan fingerprint density at radius 1 is 1.20 bits per heavy atom. The molecule has 2 aromatic heterocycles. The van der Waals surface area contributed by atoms with Gasteiger partial charge in [0.25, 0.3) is 11.4 Å². The smallest absolute Gasteiger partial charge is 0.274 e. The van der Waals surface area contributed by atoms with Crippen molar-refractivity contribution in [2.24, 2.45) is 5.41 Å². The fourth-order valence-corrected chi connectivity index (χ4v) is 2.40. The lowest BCUT2D eigenvalue weighted by molar-refractivity contribution is 0.502. The molecule has 0 saturated heterocycles. The van der Waals surface area contributed by atoms with Gasteiger partial charge in [0.15, 0.2) is 5.69 Å². The third-order valence-corrected chi connectivity index (χ3v) is 4.33. The molecule has 0 aliphatic rings. The van der Waals surface area contributed by atoms with Crippen LogP contribution in [-0.4, -0.2) is 20.0 Å². The maximum atomic E-state index is 12.4. The van der Waals surface area contributed by atoms with Crippen LogP contribution in [0.5, 0.6) is 0 Å². The Balaban J connectivity index is 2.15. The molecular formula is C19H22N4O2. The Morgan fingerprint density at radius 3 is 2.52 bits per heavy atom. The SMILES string of the molecule is CCn1nc(-c2nnc(/C=C(\C)C(C)(C)C)o2)c2ccccc2c1=O. The van der Waals surface area contributed by atoms with E-state index in [2.05, 4.69) is 36.1 Å². The van der Waals surface area contributed by atoms with E-state index in [1.54, 1.807) is 6.07 Å². The van der Waals surface area contributed by atoms with Crippen LogP contribution in [0.3, 0.4) is 0 Å². The first kappa shape index (κ1) is 17.1. The van der Waals surface area contributed by atoms with Crippen molar-refractivity contribution in [1.29, 1.82) is 0 Å². The minimum Gasteiger partial charge on any atom is -0.415 e. The third kappa shape index (κ3) is 3.24. The molecule has 6 heteroatoms. The fraction of sp³-hybridized carbons (Fsp3) is 0.368. The van der Waals surface area contributed by atoms with Gasteiger partial charge in [-0.25, -0.2) is 4.68 Å². The number of aromatic nitrogens is 4. The first-order chi connectivity index (χ1) is 11.8. The summed E-state index contributed by atoms with van der Waals surface area (Å²) in [5.74, 6) is 0.744. The molecule has 25 heavy (non-hydrogen) atoms. The van der Waals surface area contributed by atoms with Gasteiger partial charge in [0.05, 0.1) is 5.39 Å². The molecule has 6 nitrogen and oxygen atoms in total. The van der Waals surface area contributed by atoms with Crippen LogP contribution in [0.25, 0.3) is 28.4 Å². The van der Waals surface area contributed by atoms with E-state index < -0.39 is 0 Å². The lowest BCUT2D eigenvalue weighted by Gasteiger charge is -2.18. The Hall–Kier alpha value is -2.76. The predicted octanol–water partition coefficient (Wildman–Crippen LogP) is 3.92. The summed E-state index contributed by atoms with van der Waals surface area (Å²) in [6, 6.07) is 7.33. The highest BCUT2D eigenvalue weighted by Gasteiger charge is 2.18. The number of benzene rings is 1. The maximum absolute atomic E-state index is 12.4. The van der Waals surface area contributed by atoms with Gasteiger partial charge in [-0.2, -0.15) is 5.10 Å². The number of nitrogens with zero attached hydrogens (tertiary/aromatic N) is 4. The summed E-state index contributed by atoms with van der Waals surface area (Å²) in [5, 5.41) is 14.0. The van der Waals surface area contributed by atoms with E-state index in [0.29, 0.717) is 34.8 Å². The van der Waals surface area contributed by atoms with Crippen LogP contribution in [-0.2, 0) is 6.54 Å². The van der Waals surface area contributed by atoms with Crippen LogP contribution in [0.4, 0.5) is 0 Å². The van der Waals surface area contributed by atoms with Gasteiger partial charge in [-0.1, -0.05) is 44.5 Å². The monoisotopic (exact) mass is 338 g/mol. The second-order valence-corrected chi connectivity index (χ2v) is 7.04. The van der Waals surface area contributed by atoms with Crippen molar-refractivity contribution < 1.29 is 4.42 Å². The number of aryl methyl sites for hydroxylation is 1. The quantitative estimate of drug-likeness (QED) is 0.724. The van der Waals surface area contributed by atoms with E-state index in [1.165, 1.54) is 4.68 Å². The molecule has 2 heterocycles. The molecule has 3 rings (SSSR count). The molecular weight excluding hydrogens is 316 g/mol. The van der Waals surface area contributed by atoms with Gasteiger partial charge in [0.1, 0.15) is 0 Å². The third-order valence-electron chi connectivity index (χ3n) is 4.33. The highest BCUT2D eigenvalue weighted by atomic mass is 16.4. The summed E-state index contributed by atoms with van der Waals surface area (Å²) in [4.78, 5) is 12.4. The Labute approximate surface area is 146 Å². The molecule has 0 fully saturated rings. The molecule has 0 N–H and O–H groups in total. The van der Waals surface area contributed by atoms with Crippen molar-refractivity contribution in [2.75, 3.05) is 0 Å². The lowest BCUT2D eigenvalue weighted by atomic mass is 9.87. The van der Waals surface area contributed by atoms with Gasteiger partial charge in [-0.05, 0) is 25.3 Å². The standard InChI is InChI=1S/C19H22N4O2/c1-6-23-18(24)14-10-8-7-9-13(14)16(22-23)17-21-20-15(25-17)11-12(2)19(3,4)5/h7-11H,6H2,1-5H3/b12-11+. The predicted molar refractivity (Wildman–Crippen MR) is 98.1 cm³/mol. The molecule has 0 aliphatic heterocycles. The summed E-state index contributed by atoms with van der Waals surface area (Å²) in [6.45, 7) is 10.8. The normalized spacial score (nSPS) is 12.8. The van der Waals surface area contributed by atoms with Crippen molar-refractivity contribution in [1.82, 2.24) is 20.0 Å². The van der Waals surface area contributed by atoms with Crippen molar-refractivity contribution in [3.8, 4) is 11.6 Å². The van der Waals surface area contributed by atoms with Crippen LogP contribution in [0.15, 0.2) is 39.1 Å². The van der Waals surface area contributed by atoms with Crippen LogP contribution in [0, 0.1) is 5.41 Å². The van der Waals surface area contributed by atoms with E-state index in [-0.39, 0.29) is 11.0 Å². The number of hydrogen-bond acceptors (Lipinski definition) is 5. The largest absolute Gasteiger partial charge is 0.415 e. The zero-order valence-corrected chi connectivity index (χ0v) is 15.2. The van der Waals surface area contributed by atoms with Gasteiger partial charge in [0.2, 0.25) is 5.89 Å². The molecule has 0 radical (unpaired) electrons. The zero-order valence-electron chi connectivity index (χ0n) is 15.2. The summed E-state index contributed by atoms with van der Waals surface area (Å²) in [6.07, 6.45) is 1.88. The molecule has 0 saturated carbocycles. The van der Waals surface area contributed by atoms with Crippen LogP contribution in [0.2, 0.25) is 0 Å². The number of fused-ring (bicyclic) bond motifs is 1. The maximum Gasteiger partial charge on any atom is 0.274 e. The molecule has 130 valence electrons. The second kappa shape index (κ2) is 6.27. The van der Waals surface area contributed by atoms with E-state index >= 15 is 0 Å². The number of allylic oxidation sites excluding steroid dienone is 1. The van der Waals surface area contributed by atoms with Crippen LogP contribution < -0.4 is 5.56 Å². The van der Waals surface area contributed by atoms with Crippen molar-refractivity contribution in [3.63, 3.8) is 0 Å².